The van der Waals surface area contributed by atoms with Gasteiger partial charge in [0.1, 0.15) is 6.10 Å². The Labute approximate surface area is 154 Å². The summed E-state index contributed by atoms with van der Waals surface area (Å²) in [4.78, 5) is 14.9. The Morgan fingerprint density at radius 2 is 2.04 bits per heavy atom. The summed E-state index contributed by atoms with van der Waals surface area (Å²) in [5.41, 5.74) is 2.67. The summed E-state index contributed by atoms with van der Waals surface area (Å²) in [5.74, 6) is 0.110. The molecule has 1 N–H and O–H groups in total. The molecule has 3 atom stereocenters. The lowest BCUT2D eigenvalue weighted by atomic mass is 9.98. The van der Waals surface area contributed by atoms with E-state index in [9.17, 15) is 4.79 Å². The minimum absolute atomic E-state index is 0.110. The summed E-state index contributed by atoms with van der Waals surface area (Å²) in [7, 11) is 2.12. The summed E-state index contributed by atoms with van der Waals surface area (Å²) < 4.78 is 8.42. The molecule has 26 heavy (non-hydrogen) atoms. The number of hydrogen-bond donors (Lipinski definition) is 1. The number of nitrogens with one attached hydrogen (secondary N) is 1. The minimum Gasteiger partial charge on any atom is -0.363 e. The Balaban J connectivity index is 1.27. The third-order valence-electron chi connectivity index (χ3n) is 6.23. The topological polar surface area (TPSA) is 46.5 Å². The molecule has 0 unspecified atom stereocenters. The summed E-state index contributed by atoms with van der Waals surface area (Å²) in [6.45, 7) is 2.01. The van der Waals surface area contributed by atoms with Crippen LogP contribution in [0.3, 0.4) is 0 Å². The maximum absolute atomic E-state index is 12.3. The fourth-order valence-electron chi connectivity index (χ4n) is 4.70. The predicted octanol–water partition coefficient (Wildman–Crippen LogP) is 2.58. The average molecular weight is 353 g/mol. The number of carbonyl (C=O) groups is 1. The zero-order chi connectivity index (χ0) is 17.7. The van der Waals surface area contributed by atoms with Gasteiger partial charge in [0.25, 0.3) is 0 Å². The highest BCUT2D eigenvalue weighted by Gasteiger charge is 2.42. The normalized spacial score (nSPS) is 29.0. The van der Waals surface area contributed by atoms with Gasteiger partial charge < -0.3 is 14.6 Å². The van der Waals surface area contributed by atoms with Crippen molar-refractivity contribution in [1.29, 1.82) is 0 Å². The molecule has 2 aliphatic heterocycles. The van der Waals surface area contributed by atoms with Crippen molar-refractivity contribution in [1.82, 2.24) is 14.8 Å². The Morgan fingerprint density at radius 1 is 1.19 bits per heavy atom. The van der Waals surface area contributed by atoms with Gasteiger partial charge in [-0.1, -0.05) is 18.2 Å². The number of hydrogen-bond acceptors (Lipinski definition) is 3. The smallest absolute Gasteiger partial charge is 0.249 e. The maximum atomic E-state index is 12.3. The number of carbonyl (C=O) groups excluding carboxylic acids is 1. The molecule has 138 valence electrons. The molecule has 1 amide bonds. The number of ether oxygens (including phenoxy) is 1. The van der Waals surface area contributed by atoms with E-state index in [4.69, 9.17) is 4.74 Å². The van der Waals surface area contributed by atoms with Gasteiger partial charge in [0, 0.05) is 49.3 Å². The molecule has 5 nitrogen and oxygen atoms in total. The zero-order valence-electron chi connectivity index (χ0n) is 15.4. The van der Waals surface area contributed by atoms with Crippen molar-refractivity contribution in [2.45, 2.75) is 62.9 Å². The molecule has 3 fully saturated rings. The molecular weight excluding hydrogens is 326 g/mol. The van der Waals surface area contributed by atoms with Crippen LogP contribution >= 0.6 is 0 Å². The van der Waals surface area contributed by atoms with Crippen LogP contribution in [0.2, 0.25) is 0 Å². The lowest BCUT2D eigenvalue weighted by Crippen LogP contribution is -2.48. The molecule has 5 heteroatoms. The van der Waals surface area contributed by atoms with E-state index in [2.05, 4.69) is 52.3 Å². The largest absolute Gasteiger partial charge is 0.363 e. The van der Waals surface area contributed by atoms with Gasteiger partial charge in [-0.2, -0.15) is 0 Å². The van der Waals surface area contributed by atoms with Crippen LogP contribution in [0, 0.1) is 0 Å². The van der Waals surface area contributed by atoms with Crippen LogP contribution in [-0.2, 0) is 23.1 Å². The molecule has 3 heterocycles. The highest BCUT2D eigenvalue weighted by Crippen LogP contribution is 2.34. The molecule has 5 rings (SSSR count). The summed E-state index contributed by atoms with van der Waals surface area (Å²) in [6, 6.07) is 9.46. The van der Waals surface area contributed by atoms with E-state index in [0.717, 1.165) is 45.2 Å². The molecule has 0 bridgehead atoms. The van der Waals surface area contributed by atoms with Crippen LogP contribution in [-0.4, -0.2) is 46.2 Å². The molecule has 3 aliphatic rings. The van der Waals surface area contributed by atoms with E-state index in [0.29, 0.717) is 12.1 Å². The summed E-state index contributed by atoms with van der Waals surface area (Å²) >= 11 is 0. The monoisotopic (exact) mass is 353 g/mol. The highest BCUT2D eigenvalue weighted by atomic mass is 16.5. The van der Waals surface area contributed by atoms with Crippen molar-refractivity contribution < 1.29 is 9.53 Å². The van der Waals surface area contributed by atoms with E-state index < -0.39 is 0 Å². The molecule has 1 saturated carbocycles. The average Bonchev–Trinajstić information content (AvgIpc) is 3.30. The van der Waals surface area contributed by atoms with E-state index in [1.165, 1.54) is 16.5 Å². The fraction of sp³-hybridized carbons (Fsp3) is 0.571. The SMILES string of the molecule is Cn1cc(CN2CC[C@H]3O[C@H](C(=O)NC4CC4)CC[C@H]32)c2ccccc21. The second-order valence-corrected chi connectivity index (χ2v) is 8.13. The Morgan fingerprint density at radius 3 is 2.88 bits per heavy atom. The number of rotatable bonds is 4. The van der Waals surface area contributed by atoms with Crippen molar-refractivity contribution in [2.75, 3.05) is 6.54 Å². The van der Waals surface area contributed by atoms with E-state index in [-0.39, 0.29) is 18.1 Å². The van der Waals surface area contributed by atoms with Gasteiger partial charge in [0.2, 0.25) is 5.91 Å². The molecule has 2 aromatic rings. The summed E-state index contributed by atoms with van der Waals surface area (Å²) in [6.07, 6.45) is 7.40. The van der Waals surface area contributed by atoms with Gasteiger partial charge in [-0.15, -0.1) is 0 Å². The van der Waals surface area contributed by atoms with Crippen LogP contribution < -0.4 is 5.32 Å². The Kier molecular flexibility index (Phi) is 4.02. The Bertz CT molecular complexity index is 826. The van der Waals surface area contributed by atoms with Gasteiger partial charge in [0.05, 0.1) is 6.10 Å². The molecule has 0 spiro atoms. The van der Waals surface area contributed by atoms with Crippen molar-refractivity contribution in [3.8, 4) is 0 Å². The number of para-hydroxylation sites is 1. The van der Waals surface area contributed by atoms with Crippen molar-refractivity contribution in [2.24, 2.45) is 7.05 Å². The molecule has 1 aliphatic carbocycles. The van der Waals surface area contributed by atoms with Gasteiger partial charge in [0.15, 0.2) is 0 Å². The Hall–Kier alpha value is -1.85. The quantitative estimate of drug-likeness (QED) is 0.919. The van der Waals surface area contributed by atoms with Gasteiger partial charge >= 0.3 is 0 Å². The number of fused-ring (bicyclic) bond motifs is 2. The first kappa shape index (κ1) is 16.3. The highest BCUT2D eigenvalue weighted by molar-refractivity contribution is 5.84. The molecular formula is C21H27N3O2. The van der Waals surface area contributed by atoms with Gasteiger partial charge in [-0.25, -0.2) is 0 Å². The standard InChI is InChI=1S/C21H27N3O2/c1-23-12-14(16-4-2-3-5-17(16)23)13-24-11-10-19-18(24)8-9-20(26-19)21(25)22-15-6-7-15/h2-5,12,15,18-20H,6-11,13H2,1H3,(H,22,25)/t18-,19-,20+/m1/s1. The van der Waals surface area contributed by atoms with Crippen LogP contribution in [0.5, 0.6) is 0 Å². The van der Waals surface area contributed by atoms with Crippen molar-refractivity contribution in [3.05, 3.63) is 36.0 Å². The second kappa shape index (κ2) is 6.39. The predicted molar refractivity (Wildman–Crippen MR) is 101 cm³/mol. The number of amides is 1. The third-order valence-corrected chi connectivity index (χ3v) is 6.23. The lowest BCUT2D eigenvalue weighted by Gasteiger charge is -2.35. The van der Waals surface area contributed by atoms with Crippen molar-refractivity contribution >= 4 is 16.8 Å². The van der Waals surface area contributed by atoms with Gasteiger partial charge in [-0.05, 0) is 43.7 Å². The van der Waals surface area contributed by atoms with E-state index >= 15 is 0 Å². The number of aromatic nitrogens is 1. The van der Waals surface area contributed by atoms with Crippen LogP contribution in [0.25, 0.3) is 10.9 Å². The molecule has 0 radical (unpaired) electrons. The van der Waals surface area contributed by atoms with E-state index in [1.807, 2.05) is 0 Å². The molecule has 1 aromatic heterocycles. The summed E-state index contributed by atoms with van der Waals surface area (Å²) in [5, 5.41) is 4.44. The number of likely N-dealkylation sites (tertiary alicyclic amines) is 1. The first-order chi connectivity index (χ1) is 12.7. The molecule has 2 saturated heterocycles. The maximum Gasteiger partial charge on any atom is 0.249 e. The lowest BCUT2D eigenvalue weighted by molar-refractivity contribution is -0.144. The van der Waals surface area contributed by atoms with Crippen LogP contribution in [0.15, 0.2) is 30.5 Å². The van der Waals surface area contributed by atoms with Crippen molar-refractivity contribution in [3.63, 3.8) is 0 Å². The fourth-order valence-corrected chi connectivity index (χ4v) is 4.70. The van der Waals surface area contributed by atoms with Gasteiger partial charge in [-0.3, -0.25) is 9.69 Å². The number of aryl methyl sites for hydroxylation is 1. The zero-order valence-corrected chi connectivity index (χ0v) is 15.4. The minimum atomic E-state index is -0.241. The van der Waals surface area contributed by atoms with Crippen LogP contribution in [0.1, 0.15) is 37.7 Å². The third kappa shape index (κ3) is 2.93. The first-order valence-corrected chi connectivity index (χ1v) is 9.92. The first-order valence-electron chi connectivity index (χ1n) is 9.92. The van der Waals surface area contributed by atoms with Crippen LogP contribution in [0.4, 0.5) is 0 Å². The molecule has 1 aromatic carbocycles. The van der Waals surface area contributed by atoms with E-state index in [1.54, 1.807) is 0 Å². The number of benzene rings is 1. The number of nitrogens with zero attached hydrogens (tertiary/aromatic N) is 2. The second-order valence-electron chi connectivity index (χ2n) is 8.13.